The van der Waals surface area contributed by atoms with E-state index >= 15 is 0 Å². The number of carbonyl (C=O) groups is 2. The van der Waals surface area contributed by atoms with Crippen molar-refractivity contribution < 1.29 is 19.1 Å². The van der Waals surface area contributed by atoms with Crippen LogP contribution in [0.25, 0.3) is 0 Å². The SMILES string of the molecule is COc1ccc(C(=O)N2CCN(CC(=O)c3ccc(C)c(C)c3)CC2)cc1OC. The molecule has 6 heteroatoms. The number of hydrogen-bond donors (Lipinski definition) is 0. The van der Waals surface area contributed by atoms with Crippen molar-refractivity contribution in [3.63, 3.8) is 0 Å². The van der Waals surface area contributed by atoms with Crippen molar-refractivity contribution in [2.45, 2.75) is 13.8 Å². The molecule has 0 spiro atoms. The fraction of sp³-hybridized carbons (Fsp3) is 0.391. The van der Waals surface area contributed by atoms with Gasteiger partial charge in [-0.1, -0.05) is 12.1 Å². The second-order valence-corrected chi connectivity index (χ2v) is 7.36. The van der Waals surface area contributed by atoms with E-state index in [9.17, 15) is 9.59 Å². The Bertz CT molecular complexity index is 902. The number of Topliss-reactive ketones (excluding diaryl/α,β-unsaturated/α-hetero) is 1. The normalized spacial score (nSPS) is 14.6. The fourth-order valence-corrected chi connectivity index (χ4v) is 3.47. The van der Waals surface area contributed by atoms with Crippen molar-refractivity contribution in [3.8, 4) is 11.5 Å². The Morgan fingerprint density at radius 2 is 1.48 bits per heavy atom. The molecule has 1 saturated heterocycles. The van der Waals surface area contributed by atoms with Crippen LogP contribution in [0, 0.1) is 13.8 Å². The summed E-state index contributed by atoms with van der Waals surface area (Å²) in [4.78, 5) is 29.4. The van der Waals surface area contributed by atoms with E-state index in [1.54, 1.807) is 32.4 Å². The molecule has 0 aliphatic carbocycles. The van der Waals surface area contributed by atoms with E-state index in [1.165, 1.54) is 5.56 Å². The van der Waals surface area contributed by atoms with Gasteiger partial charge in [-0.3, -0.25) is 14.5 Å². The van der Waals surface area contributed by atoms with Gasteiger partial charge in [0.15, 0.2) is 17.3 Å². The molecule has 0 N–H and O–H groups in total. The van der Waals surface area contributed by atoms with Gasteiger partial charge in [0.25, 0.3) is 5.91 Å². The fourth-order valence-electron chi connectivity index (χ4n) is 3.47. The molecule has 3 rings (SSSR count). The zero-order valence-corrected chi connectivity index (χ0v) is 17.5. The van der Waals surface area contributed by atoms with Crippen LogP contribution in [0.1, 0.15) is 31.8 Å². The molecular formula is C23H28N2O4. The number of aryl methyl sites for hydroxylation is 2. The van der Waals surface area contributed by atoms with Gasteiger partial charge in [0, 0.05) is 37.3 Å². The Kier molecular flexibility index (Phi) is 6.54. The summed E-state index contributed by atoms with van der Waals surface area (Å²) in [6.07, 6.45) is 0. The second kappa shape index (κ2) is 9.09. The number of rotatable bonds is 6. The number of benzene rings is 2. The average Bonchev–Trinajstić information content (AvgIpc) is 2.75. The number of ether oxygens (including phenoxy) is 2. The maximum absolute atomic E-state index is 12.8. The largest absolute Gasteiger partial charge is 0.493 e. The number of piperazine rings is 1. The summed E-state index contributed by atoms with van der Waals surface area (Å²) >= 11 is 0. The highest BCUT2D eigenvalue weighted by Gasteiger charge is 2.24. The minimum atomic E-state index is -0.0360. The maximum atomic E-state index is 12.8. The van der Waals surface area contributed by atoms with Crippen molar-refractivity contribution in [2.75, 3.05) is 46.9 Å². The molecule has 6 nitrogen and oxygen atoms in total. The smallest absolute Gasteiger partial charge is 0.254 e. The molecule has 2 aromatic rings. The standard InChI is InChI=1S/C23H28N2O4/c1-16-5-6-18(13-17(16)2)20(26)15-24-9-11-25(12-10-24)23(27)19-7-8-21(28-3)22(14-19)29-4/h5-8,13-14H,9-12,15H2,1-4H3. The first-order chi connectivity index (χ1) is 13.9. The zero-order chi connectivity index (χ0) is 21.0. The molecular weight excluding hydrogens is 368 g/mol. The third-order valence-corrected chi connectivity index (χ3v) is 5.49. The van der Waals surface area contributed by atoms with Gasteiger partial charge in [-0.2, -0.15) is 0 Å². The van der Waals surface area contributed by atoms with Gasteiger partial charge >= 0.3 is 0 Å². The molecule has 0 unspecified atom stereocenters. The molecule has 2 aromatic carbocycles. The first-order valence-corrected chi connectivity index (χ1v) is 9.77. The molecule has 0 saturated carbocycles. The Morgan fingerprint density at radius 3 is 2.10 bits per heavy atom. The highest BCUT2D eigenvalue weighted by atomic mass is 16.5. The molecule has 154 valence electrons. The molecule has 1 amide bonds. The van der Waals surface area contributed by atoms with Crippen LogP contribution >= 0.6 is 0 Å². The predicted octanol–water partition coefficient (Wildman–Crippen LogP) is 2.96. The molecule has 0 radical (unpaired) electrons. The summed E-state index contributed by atoms with van der Waals surface area (Å²) in [7, 11) is 3.12. The van der Waals surface area contributed by atoms with Gasteiger partial charge in [-0.15, -0.1) is 0 Å². The van der Waals surface area contributed by atoms with E-state index in [0.29, 0.717) is 49.8 Å². The predicted molar refractivity (Wildman–Crippen MR) is 112 cm³/mol. The zero-order valence-electron chi connectivity index (χ0n) is 17.5. The summed E-state index contributed by atoms with van der Waals surface area (Å²) in [5.74, 6) is 1.22. The maximum Gasteiger partial charge on any atom is 0.254 e. The molecule has 1 aliphatic rings. The monoisotopic (exact) mass is 396 g/mol. The lowest BCUT2D eigenvalue weighted by atomic mass is 10.0. The van der Waals surface area contributed by atoms with Gasteiger partial charge in [0.05, 0.1) is 20.8 Å². The van der Waals surface area contributed by atoms with E-state index in [0.717, 1.165) is 11.1 Å². The van der Waals surface area contributed by atoms with Gasteiger partial charge < -0.3 is 14.4 Å². The summed E-state index contributed by atoms with van der Waals surface area (Å²) in [5.41, 5.74) is 3.63. The van der Waals surface area contributed by atoms with Gasteiger partial charge in [-0.25, -0.2) is 0 Å². The lowest BCUT2D eigenvalue weighted by molar-refractivity contribution is 0.0624. The third kappa shape index (κ3) is 4.77. The lowest BCUT2D eigenvalue weighted by Crippen LogP contribution is -2.49. The quantitative estimate of drug-likeness (QED) is 0.703. The Balaban J connectivity index is 1.58. The summed E-state index contributed by atoms with van der Waals surface area (Å²) in [6.45, 7) is 6.97. The number of carbonyl (C=O) groups excluding carboxylic acids is 2. The van der Waals surface area contributed by atoms with E-state index in [-0.39, 0.29) is 11.7 Å². The number of hydrogen-bond acceptors (Lipinski definition) is 5. The number of methoxy groups -OCH3 is 2. The van der Waals surface area contributed by atoms with Crippen molar-refractivity contribution in [2.24, 2.45) is 0 Å². The van der Waals surface area contributed by atoms with Crippen LogP contribution in [0.15, 0.2) is 36.4 Å². The van der Waals surface area contributed by atoms with Gasteiger partial charge in [-0.05, 0) is 49.2 Å². The van der Waals surface area contributed by atoms with Crippen molar-refractivity contribution in [1.29, 1.82) is 0 Å². The van der Waals surface area contributed by atoms with E-state index in [4.69, 9.17) is 9.47 Å². The van der Waals surface area contributed by atoms with Crippen LogP contribution in [0.3, 0.4) is 0 Å². The lowest BCUT2D eigenvalue weighted by Gasteiger charge is -2.34. The highest BCUT2D eigenvalue weighted by molar-refractivity contribution is 5.98. The third-order valence-electron chi connectivity index (χ3n) is 5.49. The summed E-state index contributed by atoms with van der Waals surface area (Å²) < 4.78 is 10.5. The van der Waals surface area contributed by atoms with Crippen molar-refractivity contribution in [1.82, 2.24) is 9.80 Å². The van der Waals surface area contributed by atoms with E-state index < -0.39 is 0 Å². The first-order valence-electron chi connectivity index (χ1n) is 9.77. The van der Waals surface area contributed by atoms with Crippen LogP contribution in [0.5, 0.6) is 11.5 Å². The summed E-state index contributed by atoms with van der Waals surface area (Å²) in [6, 6.07) is 11.0. The van der Waals surface area contributed by atoms with Crippen LogP contribution < -0.4 is 9.47 Å². The van der Waals surface area contributed by atoms with Crippen LogP contribution in [0.2, 0.25) is 0 Å². The number of ketones is 1. The minimum Gasteiger partial charge on any atom is -0.493 e. The average molecular weight is 396 g/mol. The second-order valence-electron chi connectivity index (χ2n) is 7.36. The van der Waals surface area contributed by atoms with Gasteiger partial charge in [0.1, 0.15) is 0 Å². The van der Waals surface area contributed by atoms with Crippen LogP contribution in [-0.2, 0) is 0 Å². The number of amides is 1. The molecule has 1 heterocycles. The minimum absolute atomic E-state index is 0.0360. The molecule has 0 atom stereocenters. The Morgan fingerprint density at radius 1 is 0.828 bits per heavy atom. The van der Waals surface area contributed by atoms with Gasteiger partial charge in [0.2, 0.25) is 0 Å². The highest BCUT2D eigenvalue weighted by Crippen LogP contribution is 2.28. The molecule has 1 aliphatic heterocycles. The Hall–Kier alpha value is -2.86. The van der Waals surface area contributed by atoms with E-state index in [1.807, 2.05) is 36.9 Å². The summed E-state index contributed by atoms with van der Waals surface area (Å²) in [5, 5.41) is 0. The van der Waals surface area contributed by atoms with Crippen molar-refractivity contribution in [3.05, 3.63) is 58.7 Å². The Labute approximate surface area is 172 Å². The van der Waals surface area contributed by atoms with Crippen molar-refractivity contribution >= 4 is 11.7 Å². The molecule has 1 fully saturated rings. The van der Waals surface area contributed by atoms with Crippen LogP contribution in [-0.4, -0.2) is 68.4 Å². The van der Waals surface area contributed by atoms with E-state index in [2.05, 4.69) is 4.90 Å². The molecule has 0 aromatic heterocycles. The van der Waals surface area contributed by atoms with Crippen LogP contribution in [0.4, 0.5) is 0 Å². The molecule has 0 bridgehead atoms. The topological polar surface area (TPSA) is 59.1 Å². The molecule has 29 heavy (non-hydrogen) atoms. The number of nitrogens with zero attached hydrogens (tertiary/aromatic N) is 2. The first kappa shape index (κ1) is 20.9.